The number of rotatable bonds is 7. The maximum Gasteiger partial charge on any atom is 0.325 e. The lowest BCUT2D eigenvalue weighted by Gasteiger charge is -2.27. The number of esters is 1. The van der Waals surface area contributed by atoms with E-state index in [0.717, 1.165) is 0 Å². The van der Waals surface area contributed by atoms with Crippen molar-refractivity contribution in [2.75, 3.05) is 20.8 Å². The Hall–Kier alpha value is -0.610. The molecule has 16 heavy (non-hydrogen) atoms. The normalized spacial score (nSPS) is 16.9. The molecule has 4 heteroatoms. The predicted octanol–water partition coefficient (Wildman–Crippen LogP) is 1.59. The minimum absolute atomic E-state index is 0.207. The van der Waals surface area contributed by atoms with Crippen LogP contribution in [0.3, 0.4) is 0 Å². The quantitative estimate of drug-likeness (QED) is 0.676. The molecule has 4 nitrogen and oxygen atoms in total. The maximum atomic E-state index is 11.5. The summed E-state index contributed by atoms with van der Waals surface area (Å²) in [6.07, 6.45) is 0.812. The van der Waals surface area contributed by atoms with Crippen molar-refractivity contribution in [1.82, 2.24) is 5.32 Å². The van der Waals surface area contributed by atoms with Gasteiger partial charge in [0.2, 0.25) is 0 Å². The van der Waals surface area contributed by atoms with Gasteiger partial charge in [-0.1, -0.05) is 13.8 Å². The van der Waals surface area contributed by atoms with Gasteiger partial charge in [0.15, 0.2) is 0 Å². The Morgan fingerprint density at radius 3 is 2.31 bits per heavy atom. The topological polar surface area (TPSA) is 47.6 Å². The lowest BCUT2D eigenvalue weighted by Crippen LogP contribution is -2.49. The maximum absolute atomic E-state index is 11.5. The van der Waals surface area contributed by atoms with Crippen molar-refractivity contribution in [3.63, 3.8) is 0 Å². The second kappa shape index (κ2) is 6.86. The third-order valence-corrected chi connectivity index (χ3v) is 3.11. The van der Waals surface area contributed by atoms with E-state index in [-0.39, 0.29) is 12.1 Å². The molecule has 0 aliphatic rings. The van der Waals surface area contributed by atoms with Crippen LogP contribution in [-0.2, 0) is 14.3 Å². The second-order valence-electron chi connectivity index (χ2n) is 4.64. The van der Waals surface area contributed by atoms with Gasteiger partial charge in [0, 0.05) is 6.61 Å². The predicted molar refractivity (Wildman–Crippen MR) is 64.3 cm³/mol. The van der Waals surface area contributed by atoms with Crippen LogP contribution >= 0.6 is 0 Å². The molecule has 0 saturated heterocycles. The van der Waals surface area contributed by atoms with Crippen LogP contribution in [0.5, 0.6) is 0 Å². The third-order valence-electron chi connectivity index (χ3n) is 3.11. The summed E-state index contributed by atoms with van der Waals surface area (Å²) in [6.45, 7) is 8.64. The first-order valence-electron chi connectivity index (χ1n) is 5.76. The zero-order chi connectivity index (χ0) is 12.8. The first-order valence-corrected chi connectivity index (χ1v) is 5.76. The van der Waals surface area contributed by atoms with Gasteiger partial charge in [-0.2, -0.15) is 0 Å². The van der Waals surface area contributed by atoms with E-state index in [9.17, 15) is 4.79 Å². The summed E-state index contributed by atoms with van der Waals surface area (Å²) in [5.74, 6) is 0.231. The molecule has 2 atom stereocenters. The smallest absolute Gasteiger partial charge is 0.325 e. The summed E-state index contributed by atoms with van der Waals surface area (Å²) in [4.78, 5) is 11.5. The molecular weight excluding hydrogens is 206 g/mol. The van der Waals surface area contributed by atoms with Crippen molar-refractivity contribution in [2.24, 2.45) is 5.92 Å². The van der Waals surface area contributed by atoms with Gasteiger partial charge in [-0.15, -0.1) is 0 Å². The molecule has 0 saturated carbocycles. The summed E-state index contributed by atoms with van der Waals surface area (Å²) < 4.78 is 10.4. The lowest BCUT2D eigenvalue weighted by atomic mass is 9.99. The monoisotopic (exact) mass is 231 g/mol. The number of carbonyl (C=O) groups excluding carboxylic acids is 1. The first kappa shape index (κ1) is 15.4. The van der Waals surface area contributed by atoms with Crippen LogP contribution < -0.4 is 5.32 Å². The van der Waals surface area contributed by atoms with Gasteiger partial charge in [-0.25, -0.2) is 0 Å². The molecule has 0 aromatic rings. The zero-order valence-electron chi connectivity index (χ0n) is 11.3. The Balaban J connectivity index is 4.10. The molecule has 2 unspecified atom stereocenters. The molecule has 0 aromatic carbocycles. The molecule has 1 N–H and O–H groups in total. The van der Waals surface area contributed by atoms with Gasteiger partial charge in [0.05, 0.1) is 13.2 Å². The van der Waals surface area contributed by atoms with E-state index in [1.807, 2.05) is 13.8 Å². The Morgan fingerprint density at radius 1 is 1.38 bits per heavy atom. The van der Waals surface area contributed by atoms with Gasteiger partial charge in [-0.3, -0.25) is 4.79 Å². The molecule has 96 valence electrons. The van der Waals surface area contributed by atoms with Gasteiger partial charge in [0.1, 0.15) is 5.54 Å². The van der Waals surface area contributed by atoms with Crippen molar-refractivity contribution in [3.8, 4) is 0 Å². The Kier molecular flexibility index (Phi) is 6.60. The van der Waals surface area contributed by atoms with Crippen LogP contribution in [-0.4, -0.2) is 38.4 Å². The summed E-state index contributed by atoms with van der Waals surface area (Å²) in [6, 6.07) is 0. The number of ether oxygens (including phenoxy) is 2. The number of hydrogen-bond acceptors (Lipinski definition) is 4. The summed E-state index contributed by atoms with van der Waals surface area (Å²) in [5, 5.41) is 2.98. The fourth-order valence-electron chi connectivity index (χ4n) is 1.20. The molecule has 0 heterocycles. The minimum Gasteiger partial charge on any atom is -0.468 e. The van der Waals surface area contributed by atoms with Crippen LogP contribution in [0.25, 0.3) is 0 Å². The van der Waals surface area contributed by atoms with Crippen LogP contribution in [0.4, 0.5) is 0 Å². The summed E-state index contributed by atoms with van der Waals surface area (Å²) >= 11 is 0. The van der Waals surface area contributed by atoms with Crippen molar-refractivity contribution < 1.29 is 14.3 Å². The van der Waals surface area contributed by atoms with Crippen LogP contribution in [0.2, 0.25) is 0 Å². The van der Waals surface area contributed by atoms with Gasteiger partial charge in [0.25, 0.3) is 0 Å². The summed E-state index contributed by atoms with van der Waals surface area (Å²) in [5.41, 5.74) is -0.661. The third kappa shape index (κ3) is 4.49. The Morgan fingerprint density at radius 2 is 1.94 bits per heavy atom. The highest BCUT2D eigenvalue weighted by Gasteiger charge is 2.32. The number of methoxy groups -OCH3 is 1. The van der Waals surface area contributed by atoms with E-state index in [0.29, 0.717) is 18.9 Å². The highest BCUT2D eigenvalue weighted by Crippen LogP contribution is 2.13. The van der Waals surface area contributed by atoms with Gasteiger partial charge in [-0.05, 0) is 33.2 Å². The largest absolute Gasteiger partial charge is 0.468 e. The van der Waals surface area contributed by atoms with Crippen molar-refractivity contribution >= 4 is 5.97 Å². The molecule has 0 aliphatic carbocycles. The Bertz CT molecular complexity index is 218. The molecule has 0 aliphatic heterocycles. The molecule has 0 amide bonds. The van der Waals surface area contributed by atoms with E-state index < -0.39 is 5.54 Å². The molecule has 0 fully saturated rings. The SMILES string of the molecule is CNC(C)(CCOC(C)C(C)C)C(=O)OC. The van der Waals surface area contributed by atoms with Crippen LogP contribution in [0.15, 0.2) is 0 Å². The molecule has 0 spiro atoms. The highest BCUT2D eigenvalue weighted by atomic mass is 16.5. The average Bonchev–Trinajstić information content (AvgIpc) is 2.27. The summed E-state index contributed by atoms with van der Waals surface area (Å²) in [7, 11) is 3.15. The van der Waals surface area contributed by atoms with E-state index in [1.54, 1.807) is 7.05 Å². The molecule has 0 aromatic heterocycles. The lowest BCUT2D eigenvalue weighted by molar-refractivity contribution is -0.148. The average molecular weight is 231 g/mol. The van der Waals surface area contributed by atoms with E-state index in [1.165, 1.54) is 7.11 Å². The van der Waals surface area contributed by atoms with Crippen molar-refractivity contribution in [3.05, 3.63) is 0 Å². The van der Waals surface area contributed by atoms with Crippen LogP contribution in [0.1, 0.15) is 34.1 Å². The Labute approximate surface area is 98.7 Å². The van der Waals surface area contributed by atoms with E-state index in [2.05, 4.69) is 19.2 Å². The fourth-order valence-corrected chi connectivity index (χ4v) is 1.20. The standard InChI is InChI=1S/C12H25NO3/c1-9(2)10(3)16-8-7-12(4,13-5)11(14)15-6/h9-10,13H,7-8H2,1-6H3. The molecule has 0 radical (unpaired) electrons. The highest BCUT2D eigenvalue weighted by molar-refractivity contribution is 5.80. The zero-order valence-corrected chi connectivity index (χ0v) is 11.3. The number of carbonyl (C=O) groups is 1. The van der Waals surface area contributed by atoms with Crippen molar-refractivity contribution in [2.45, 2.75) is 45.8 Å². The van der Waals surface area contributed by atoms with E-state index >= 15 is 0 Å². The number of likely N-dealkylation sites (N-methyl/N-ethyl adjacent to an activating group) is 1. The van der Waals surface area contributed by atoms with E-state index in [4.69, 9.17) is 9.47 Å². The van der Waals surface area contributed by atoms with Gasteiger partial charge >= 0.3 is 5.97 Å². The first-order chi connectivity index (χ1) is 7.37. The second-order valence-corrected chi connectivity index (χ2v) is 4.64. The molecular formula is C12H25NO3. The van der Waals surface area contributed by atoms with Crippen LogP contribution in [0, 0.1) is 5.92 Å². The number of hydrogen-bond donors (Lipinski definition) is 1. The fraction of sp³-hybridized carbons (Fsp3) is 0.917. The van der Waals surface area contributed by atoms with Crippen molar-refractivity contribution in [1.29, 1.82) is 0 Å². The molecule has 0 rings (SSSR count). The number of nitrogens with one attached hydrogen (secondary N) is 1. The molecule has 0 bridgehead atoms. The minimum atomic E-state index is -0.661. The van der Waals surface area contributed by atoms with Gasteiger partial charge < -0.3 is 14.8 Å².